The molecule has 1 amide bonds. The lowest BCUT2D eigenvalue weighted by atomic mass is 10.2. The monoisotopic (exact) mass is 250 g/mol. The fourth-order valence-electron chi connectivity index (χ4n) is 1.26. The van der Waals surface area contributed by atoms with Gasteiger partial charge in [-0.2, -0.15) is 0 Å². The molecule has 5 nitrogen and oxygen atoms in total. The molecule has 0 spiro atoms. The van der Waals surface area contributed by atoms with Crippen molar-refractivity contribution in [1.29, 1.82) is 0 Å². The number of hydrogen-bond donors (Lipinski definition) is 2. The topological polar surface area (TPSA) is 71.5 Å². The summed E-state index contributed by atoms with van der Waals surface area (Å²) in [4.78, 5) is 15.4. The third-order valence-corrected chi connectivity index (χ3v) is 2.11. The van der Waals surface area contributed by atoms with Crippen LogP contribution in [0.15, 0.2) is 30.6 Å². The van der Waals surface area contributed by atoms with Crippen LogP contribution in [0, 0.1) is 0 Å². The SMILES string of the molecule is O=C(/C=C/c1cccnc1)NCCCOCCO. The number of rotatable bonds is 8. The molecule has 0 fully saturated rings. The summed E-state index contributed by atoms with van der Waals surface area (Å²) >= 11 is 0. The summed E-state index contributed by atoms with van der Waals surface area (Å²) in [5.74, 6) is -0.138. The van der Waals surface area contributed by atoms with Gasteiger partial charge < -0.3 is 15.2 Å². The van der Waals surface area contributed by atoms with Crippen molar-refractivity contribution in [3.05, 3.63) is 36.2 Å². The van der Waals surface area contributed by atoms with Gasteiger partial charge in [-0.1, -0.05) is 6.07 Å². The molecule has 1 rings (SSSR count). The number of nitrogens with zero attached hydrogens (tertiary/aromatic N) is 1. The maximum absolute atomic E-state index is 11.4. The second-order valence-electron chi connectivity index (χ2n) is 3.60. The van der Waals surface area contributed by atoms with Gasteiger partial charge in [0, 0.05) is 31.6 Å². The predicted molar refractivity (Wildman–Crippen MR) is 68.8 cm³/mol. The maximum atomic E-state index is 11.4. The largest absolute Gasteiger partial charge is 0.394 e. The molecular weight excluding hydrogens is 232 g/mol. The lowest BCUT2D eigenvalue weighted by molar-refractivity contribution is -0.116. The fraction of sp³-hybridized carbons (Fsp3) is 0.385. The number of pyridine rings is 1. The Kier molecular flexibility index (Phi) is 7.43. The Balaban J connectivity index is 2.12. The molecule has 0 bridgehead atoms. The van der Waals surface area contributed by atoms with Crippen LogP contribution in [0.2, 0.25) is 0 Å². The van der Waals surface area contributed by atoms with Gasteiger partial charge in [0.1, 0.15) is 0 Å². The molecule has 98 valence electrons. The summed E-state index contributed by atoms with van der Waals surface area (Å²) in [7, 11) is 0. The van der Waals surface area contributed by atoms with E-state index in [1.54, 1.807) is 18.5 Å². The highest BCUT2D eigenvalue weighted by atomic mass is 16.5. The lowest BCUT2D eigenvalue weighted by Gasteiger charge is -2.03. The third kappa shape index (κ3) is 6.78. The van der Waals surface area contributed by atoms with Crippen molar-refractivity contribution in [2.45, 2.75) is 6.42 Å². The minimum Gasteiger partial charge on any atom is -0.394 e. The van der Waals surface area contributed by atoms with Gasteiger partial charge in [-0.3, -0.25) is 9.78 Å². The molecule has 0 saturated heterocycles. The van der Waals surface area contributed by atoms with Crippen LogP contribution in [0.5, 0.6) is 0 Å². The average Bonchev–Trinajstić information content (AvgIpc) is 2.41. The smallest absolute Gasteiger partial charge is 0.244 e. The first-order chi connectivity index (χ1) is 8.83. The van der Waals surface area contributed by atoms with E-state index < -0.39 is 0 Å². The number of ether oxygens (including phenoxy) is 1. The predicted octanol–water partition coefficient (Wildman–Crippen LogP) is 0.610. The normalized spacial score (nSPS) is 10.7. The molecule has 0 saturated carbocycles. The van der Waals surface area contributed by atoms with Gasteiger partial charge in [-0.15, -0.1) is 0 Å². The summed E-state index contributed by atoms with van der Waals surface area (Å²) in [6.07, 6.45) is 7.29. The average molecular weight is 250 g/mol. The van der Waals surface area contributed by atoms with E-state index in [0.29, 0.717) is 19.8 Å². The molecular formula is C13H18N2O3. The highest BCUT2D eigenvalue weighted by Crippen LogP contribution is 1.97. The Bertz CT molecular complexity index is 366. The van der Waals surface area contributed by atoms with E-state index in [4.69, 9.17) is 9.84 Å². The molecule has 0 aliphatic heterocycles. The van der Waals surface area contributed by atoms with Crippen LogP contribution >= 0.6 is 0 Å². The molecule has 5 heteroatoms. The minimum atomic E-state index is -0.138. The van der Waals surface area contributed by atoms with E-state index in [1.807, 2.05) is 12.1 Å². The van der Waals surface area contributed by atoms with Crippen molar-refractivity contribution >= 4 is 12.0 Å². The summed E-state index contributed by atoms with van der Waals surface area (Å²) in [6, 6.07) is 3.69. The molecule has 18 heavy (non-hydrogen) atoms. The zero-order valence-corrected chi connectivity index (χ0v) is 10.2. The van der Waals surface area contributed by atoms with Gasteiger partial charge in [0.05, 0.1) is 13.2 Å². The van der Waals surface area contributed by atoms with Crippen molar-refractivity contribution in [1.82, 2.24) is 10.3 Å². The molecule has 2 N–H and O–H groups in total. The molecule has 0 aliphatic rings. The van der Waals surface area contributed by atoms with Crippen molar-refractivity contribution in [2.24, 2.45) is 0 Å². The summed E-state index contributed by atoms with van der Waals surface area (Å²) in [5, 5.41) is 11.2. The van der Waals surface area contributed by atoms with Crippen LogP contribution in [0.1, 0.15) is 12.0 Å². The Hall–Kier alpha value is -1.72. The van der Waals surface area contributed by atoms with Gasteiger partial charge >= 0.3 is 0 Å². The van der Waals surface area contributed by atoms with Crippen LogP contribution in [0.4, 0.5) is 0 Å². The minimum absolute atomic E-state index is 0.0280. The summed E-state index contributed by atoms with van der Waals surface area (Å²) < 4.78 is 5.07. The van der Waals surface area contributed by atoms with Gasteiger partial charge in [0.25, 0.3) is 0 Å². The Morgan fingerprint density at radius 3 is 3.11 bits per heavy atom. The number of aliphatic hydroxyl groups is 1. The molecule has 0 unspecified atom stereocenters. The van der Waals surface area contributed by atoms with E-state index in [2.05, 4.69) is 10.3 Å². The summed E-state index contributed by atoms with van der Waals surface area (Å²) in [5.41, 5.74) is 0.888. The molecule has 1 aromatic rings. The van der Waals surface area contributed by atoms with Crippen LogP contribution < -0.4 is 5.32 Å². The second kappa shape index (κ2) is 9.32. The van der Waals surface area contributed by atoms with E-state index in [0.717, 1.165) is 12.0 Å². The molecule has 1 heterocycles. The zero-order valence-electron chi connectivity index (χ0n) is 10.2. The first kappa shape index (κ1) is 14.3. The molecule has 1 aromatic heterocycles. The molecule has 0 atom stereocenters. The number of carbonyl (C=O) groups excluding carboxylic acids is 1. The van der Waals surface area contributed by atoms with Gasteiger partial charge in [0.15, 0.2) is 0 Å². The molecule has 0 aromatic carbocycles. The Labute approximate surface area is 107 Å². The number of carbonyl (C=O) groups is 1. The Morgan fingerprint density at radius 2 is 2.39 bits per heavy atom. The lowest BCUT2D eigenvalue weighted by Crippen LogP contribution is -2.23. The number of amides is 1. The number of nitrogens with one attached hydrogen (secondary N) is 1. The highest BCUT2D eigenvalue weighted by Gasteiger charge is 1.94. The summed E-state index contributed by atoms with van der Waals surface area (Å²) in [6.45, 7) is 1.46. The molecule has 0 aliphatic carbocycles. The van der Waals surface area contributed by atoms with Gasteiger partial charge in [-0.25, -0.2) is 0 Å². The Morgan fingerprint density at radius 1 is 1.50 bits per heavy atom. The standard InChI is InChI=1S/C13H18N2O3/c16-8-10-18-9-2-7-15-13(17)5-4-12-3-1-6-14-11-12/h1,3-6,11,16H,2,7-10H2,(H,15,17)/b5-4+. The number of hydrogen-bond acceptors (Lipinski definition) is 4. The van der Waals surface area contributed by atoms with Gasteiger partial charge in [0.2, 0.25) is 5.91 Å². The zero-order chi connectivity index (χ0) is 13.1. The van der Waals surface area contributed by atoms with Crippen molar-refractivity contribution in [3.63, 3.8) is 0 Å². The number of aromatic nitrogens is 1. The molecule has 0 radical (unpaired) electrons. The first-order valence-corrected chi connectivity index (χ1v) is 5.87. The van der Waals surface area contributed by atoms with E-state index in [1.165, 1.54) is 6.08 Å². The van der Waals surface area contributed by atoms with Crippen molar-refractivity contribution < 1.29 is 14.6 Å². The highest BCUT2D eigenvalue weighted by molar-refractivity contribution is 5.91. The van der Waals surface area contributed by atoms with Crippen molar-refractivity contribution in [3.8, 4) is 0 Å². The van der Waals surface area contributed by atoms with E-state index in [-0.39, 0.29) is 12.5 Å². The van der Waals surface area contributed by atoms with E-state index in [9.17, 15) is 4.79 Å². The van der Waals surface area contributed by atoms with Crippen molar-refractivity contribution in [2.75, 3.05) is 26.4 Å². The van der Waals surface area contributed by atoms with Gasteiger partial charge in [-0.05, 0) is 24.1 Å². The van der Waals surface area contributed by atoms with Crippen LogP contribution in [0.25, 0.3) is 6.08 Å². The maximum Gasteiger partial charge on any atom is 0.244 e. The van der Waals surface area contributed by atoms with Crippen LogP contribution in [-0.2, 0) is 9.53 Å². The number of aliphatic hydroxyl groups excluding tert-OH is 1. The second-order valence-corrected chi connectivity index (χ2v) is 3.60. The first-order valence-electron chi connectivity index (χ1n) is 5.87. The van der Waals surface area contributed by atoms with E-state index >= 15 is 0 Å². The quantitative estimate of drug-likeness (QED) is 0.524. The van der Waals surface area contributed by atoms with Crippen LogP contribution in [-0.4, -0.2) is 42.4 Å². The fourth-order valence-corrected chi connectivity index (χ4v) is 1.26. The third-order valence-electron chi connectivity index (χ3n) is 2.11. The van der Waals surface area contributed by atoms with Crippen LogP contribution in [0.3, 0.4) is 0 Å².